The van der Waals surface area contributed by atoms with Crippen LogP contribution in [0, 0.1) is 12.3 Å². The van der Waals surface area contributed by atoms with E-state index in [2.05, 4.69) is 16.2 Å². The number of aromatic nitrogens is 2. The third-order valence-corrected chi connectivity index (χ3v) is 1.90. The number of aryl methyl sites for hydroxylation is 1. The summed E-state index contributed by atoms with van der Waals surface area (Å²) in [5.74, 6) is 2.62. The van der Waals surface area contributed by atoms with Crippen LogP contribution in [0.25, 0.3) is 0 Å². The van der Waals surface area contributed by atoms with E-state index in [-0.39, 0.29) is 0 Å². The van der Waals surface area contributed by atoms with Gasteiger partial charge in [-0.1, -0.05) is 0 Å². The molecular weight excluding hydrogens is 162 g/mol. The maximum Gasteiger partial charge on any atom is 0.0945 e. The zero-order chi connectivity index (χ0) is 9.52. The van der Waals surface area contributed by atoms with E-state index in [1.54, 1.807) is 6.33 Å². The Morgan fingerprint density at radius 1 is 1.69 bits per heavy atom. The number of terminal acetylenes is 1. The molecule has 0 bridgehead atoms. The Balaban J connectivity index is 2.14. The fourth-order valence-electron chi connectivity index (χ4n) is 1.09. The highest BCUT2D eigenvalue weighted by Crippen LogP contribution is 1.94. The lowest BCUT2D eigenvalue weighted by atomic mass is 10.3. The lowest BCUT2D eigenvalue weighted by molar-refractivity contribution is 0.632. The molecule has 3 nitrogen and oxygen atoms in total. The molecule has 0 atom stereocenters. The molecule has 0 aromatic carbocycles. The van der Waals surface area contributed by atoms with Crippen molar-refractivity contribution in [2.24, 2.45) is 7.05 Å². The van der Waals surface area contributed by atoms with Gasteiger partial charge in [-0.05, 0) is 13.0 Å². The smallest absolute Gasteiger partial charge is 0.0945 e. The van der Waals surface area contributed by atoms with Gasteiger partial charge >= 0.3 is 0 Å². The Kier molecular flexibility index (Phi) is 4.07. The summed E-state index contributed by atoms with van der Waals surface area (Å²) in [6.07, 6.45) is 10.7. The zero-order valence-electron chi connectivity index (χ0n) is 7.95. The summed E-state index contributed by atoms with van der Waals surface area (Å²) >= 11 is 0. The van der Waals surface area contributed by atoms with Gasteiger partial charge in [-0.15, -0.1) is 12.3 Å². The van der Waals surface area contributed by atoms with Crippen LogP contribution < -0.4 is 5.32 Å². The minimum atomic E-state index is 0.846. The lowest BCUT2D eigenvalue weighted by Gasteiger charge is -2.03. The molecule has 0 spiro atoms. The first-order valence-electron chi connectivity index (χ1n) is 4.44. The van der Waals surface area contributed by atoms with Crippen molar-refractivity contribution >= 4 is 0 Å². The predicted octanol–water partition coefficient (Wildman–Crippen LogP) is 0.923. The minimum Gasteiger partial charge on any atom is -0.337 e. The van der Waals surface area contributed by atoms with E-state index in [1.807, 2.05) is 17.8 Å². The second-order valence-electron chi connectivity index (χ2n) is 2.98. The fraction of sp³-hybridized carbons (Fsp3) is 0.500. The molecule has 0 aliphatic carbocycles. The number of nitrogens with one attached hydrogen (secondary N) is 1. The van der Waals surface area contributed by atoms with Crippen LogP contribution >= 0.6 is 0 Å². The number of rotatable bonds is 5. The van der Waals surface area contributed by atoms with Crippen molar-refractivity contribution in [3.63, 3.8) is 0 Å². The van der Waals surface area contributed by atoms with Crippen molar-refractivity contribution in [3.05, 3.63) is 18.2 Å². The molecule has 13 heavy (non-hydrogen) atoms. The van der Waals surface area contributed by atoms with E-state index in [9.17, 15) is 0 Å². The standard InChI is InChI=1S/C10H15N3/c1-3-4-5-6-11-7-10-8-12-9-13(10)2/h1,8-9,11H,4-7H2,2H3. The van der Waals surface area contributed by atoms with Crippen molar-refractivity contribution < 1.29 is 0 Å². The Hall–Kier alpha value is -1.27. The topological polar surface area (TPSA) is 29.9 Å². The molecule has 0 aliphatic heterocycles. The Bertz CT molecular complexity index is 283. The molecule has 0 aliphatic rings. The predicted molar refractivity (Wildman–Crippen MR) is 53.0 cm³/mol. The highest BCUT2D eigenvalue weighted by atomic mass is 15.0. The Labute approximate surface area is 79.2 Å². The molecular formula is C10H15N3. The summed E-state index contributed by atoms with van der Waals surface area (Å²) in [6.45, 7) is 1.83. The molecule has 0 unspecified atom stereocenters. The van der Waals surface area contributed by atoms with Gasteiger partial charge in [0.25, 0.3) is 0 Å². The molecule has 1 rings (SSSR count). The van der Waals surface area contributed by atoms with Crippen LogP contribution in [-0.4, -0.2) is 16.1 Å². The van der Waals surface area contributed by atoms with Crippen LogP contribution in [0.15, 0.2) is 12.5 Å². The zero-order valence-corrected chi connectivity index (χ0v) is 7.95. The van der Waals surface area contributed by atoms with Gasteiger partial charge in [0, 0.05) is 26.2 Å². The van der Waals surface area contributed by atoms with Gasteiger partial charge in [-0.2, -0.15) is 0 Å². The van der Waals surface area contributed by atoms with Crippen LogP contribution in [0.3, 0.4) is 0 Å². The average molecular weight is 177 g/mol. The normalized spacial score (nSPS) is 9.85. The largest absolute Gasteiger partial charge is 0.337 e. The van der Waals surface area contributed by atoms with Gasteiger partial charge in [0.15, 0.2) is 0 Å². The van der Waals surface area contributed by atoms with Crippen molar-refractivity contribution in [2.45, 2.75) is 19.4 Å². The molecule has 0 fully saturated rings. The van der Waals surface area contributed by atoms with Crippen molar-refractivity contribution in [1.82, 2.24) is 14.9 Å². The molecule has 1 aromatic heterocycles. The first-order chi connectivity index (χ1) is 6.34. The van der Waals surface area contributed by atoms with Gasteiger partial charge in [-0.25, -0.2) is 4.98 Å². The number of nitrogens with zero attached hydrogens (tertiary/aromatic N) is 2. The molecule has 0 saturated carbocycles. The van der Waals surface area contributed by atoms with Gasteiger partial charge < -0.3 is 9.88 Å². The average Bonchev–Trinajstić information content (AvgIpc) is 2.52. The minimum absolute atomic E-state index is 0.846. The van der Waals surface area contributed by atoms with Crippen LogP contribution in [0.2, 0.25) is 0 Å². The third kappa shape index (κ3) is 3.30. The van der Waals surface area contributed by atoms with Gasteiger partial charge in [0.2, 0.25) is 0 Å². The molecule has 0 amide bonds. The van der Waals surface area contributed by atoms with Crippen LogP contribution in [-0.2, 0) is 13.6 Å². The van der Waals surface area contributed by atoms with E-state index in [0.29, 0.717) is 0 Å². The fourth-order valence-corrected chi connectivity index (χ4v) is 1.09. The highest BCUT2D eigenvalue weighted by molar-refractivity contribution is 4.96. The summed E-state index contributed by atoms with van der Waals surface area (Å²) in [4.78, 5) is 4.03. The Morgan fingerprint density at radius 3 is 3.15 bits per heavy atom. The quantitative estimate of drug-likeness (QED) is 0.535. The SMILES string of the molecule is C#CCCCNCc1cncn1C. The van der Waals surface area contributed by atoms with E-state index < -0.39 is 0 Å². The van der Waals surface area contributed by atoms with Crippen LogP contribution in [0.1, 0.15) is 18.5 Å². The monoisotopic (exact) mass is 177 g/mol. The van der Waals surface area contributed by atoms with Crippen molar-refractivity contribution in [1.29, 1.82) is 0 Å². The maximum absolute atomic E-state index is 5.14. The third-order valence-electron chi connectivity index (χ3n) is 1.90. The summed E-state index contributed by atoms with van der Waals surface area (Å²) in [5, 5.41) is 3.31. The molecule has 1 heterocycles. The van der Waals surface area contributed by atoms with Gasteiger partial charge in [-0.3, -0.25) is 0 Å². The summed E-state index contributed by atoms with van der Waals surface area (Å²) in [6, 6.07) is 0. The van der Waals surface area contributed by atoms with E-state index in [4.69, 9.17) is 6.42 Å². The first kappa shape index (κ1) is 9.82. The van der Waals surface area contributed by atoms with E-state index in [0.717, 1.165) is 25.9 Å². The molecule has 1 aromatic rings. The number of hydrogen-bond acceptors (Lipinski definition) is 2. The first-order valence-corrected chi connectivity index (χ1v) is 4.44. The molecule has 0 saturated heterocycles. The van der Waals surface area contributed by atoms with Crippen LogP contribution in [0.5, 0.6) is 0 Å². The van der Waals surface area contributed by atoms with Crippen molar-refractivity contribution in [3.8, 4) is 12.3 Å². The molecule has 1 N–H and O–H groups in total. The van der Waals surface area contributed by atoms with E-state index in [1.165, 1.54) is 5.69 Å². The second-order valence-corrected chi connectivity index (χ2v) is 2.98. The van der Waals surface area contributed by atoms with E-state index >= 15 is 0 Å². The van der Waals surface area contributed by atoms with Gasteiger partial charge in [0.05, 0.1) is 12.0 Å². The van der Waals surface area contributed by atoms with Crippen LogP contribution in [0.4, 0.5) is 0 Å². The highest BCUT2D eigenvalue weighted by Gasteiger charge is 1.95. The number of imidazole rings is 1. The number of hydrogen-bond donors (Lipinski definition) is 1. The summed E-state index contributed by atoms with van der Waals surface area (Å²) < 4.78 is 2.01. The van der Waals surface area contributed by atoms with Crippen molar-refractivity contribution in [2.75, 3.05) is 6.54 Å². The maximum atomic E-state index is 5.14. The van der Waals surface area contributed by atoms with Gasteiger partial charge in [0.1, 0.15) is 0 Å². The molecule has 70 valence electrons. The number of unbranched alkanes of at least 4 members (excludes halogenated alkanes) is 1. The second kappa shape index (κ2) is 5.39. The summed E-state index contributed by atoms with van der Waals surface area (Å²) in [7, 11) is 1.99. The Morgan fingerprint density at radius 2 is 2.54 bits per heavy atom. The summed E-state index contributed by atoms with van der Waals surface area (Å²) in [5.41, 5.74) is 1.20. The lowest BCUT2D eigenvalue weighted by Crippen LogP contribution is -2.16. The molecule has 3 heteroatoms. The molecule has 0 radical (unpaired) electrons.